The van der Waals surface area contributed by atoms with E-state index < -0.39 is 39.8 Å². The molecule has 1 amide bonds. The van der Waals surface area contributed by atoms with E-state index in [4.69, 9.17) is 9.94 Å². The number of hydrogen-bond donors (Lipinski definition) is 2. The molecule has 2 aromatic rings. The molecule has 0 saturated heterocycles. The molecule has 162 valence electrons. The summed E-state index contributed by atoms with van der Waals surface area (Å²) in [6, 6.07) is 12.6. The zero-order chi connectivity index (χ0) is 22.5. The van der Waals surface area contributed by atoms with Crippen molar-refractivity contribution < 1.29 is 32.7 Å². The number of carboxylic acids is 1. The summed E-state index contributed by atoms with van der Waals surface area (Å²) >= 11 is 0. The quantitative estimate of drug-likeness (QED) is 0.476. The third-order valence-corrected chi connectivity index (χ3v) is 5.37. The van der Waals surface area contributed by atoms with Crippen molar-refractivity contribution in [1.82, 2.24) is 5.32 Å². The van der Waals surface area contributed by atoms with Gasteiger partial charge in [-0.05, 0) is 57.2 Å². The van der Waals surface area contributed by atoms with E-state index in [-0.39, 0.29) is 45.7 Å². The molecule has 0 atom stereocenters. The van der Waals surface area contributed by atoms with Crippen molar-refractivity contribution in [3.63, 3.8) is 0 Å². The van der Waals surface area contributed by atoms with Gasteiger partial charge in [-0.3, -0.25) is 9.59 Å². The van der Waals surface area contributed by atoms with Crippen molar-refractivity contribution in [2.45, 2.75) is 25.7 Å². The van der Waals surface area contributed by atoms with Gasteiger partial charge in [-0.1, -0.05) is 22.7 Å². The number of carbonyl (C=O) groups excluding carboxylic acids is 2. The van der Waals surface area contributed by atoms with Crippen LogP contribution in [0.15, 0.2) is 59.5 Å². The molecule has 2 aromatic carbocycles. The van der Waals surface area contributed by atoms with E-state index in [9.17, 15) is 22.8 Å². The van der Waals surface area contributed by atoms with E-state index in [0.717, 1.165) is 0 Å². The predicted octanol–water partition coefficient (Wildman–Crippen LogP) is 1.55. The Morgan fingerprint density at radius 2 is 1.55 bits per heavy atom. The first-order valence-corrected chi connectivity index (χ1v) is 10.3. The third-order valence-electron chi connectivity index (χ3n) is 3.78. The molecule has 2 N–H and O–H groups in total. The van der Waals surface area contributed by atoms with Gasteiger partial charge in [-0.2, -0.15) is 8.42 Å². The predicted molar refractivity (Wildman–Crippen MR) is 115 cm³/mol. The molecule has 0 unspecified atom stereocenters. The molecular formula is C20H23N2NaO7S. The van der Waals surface area contributed by atoms with Gasteiger partial charge >= 0.3 is 41.5 Å². The normalized spacial score (nSPS) is 11.1. The van der Waals surface area contributed by atoms with Crippen LogP contribution in [0.1, 0.15) is 31.1 Å². The Morgan fingerprint density at radius 1 is 1.00 bits per heavy atom. The van der Waals surface area contributed by atoms with Gasteiger partial charge in [-0.25, -0.2) is 4.79 Å². The number of rotatable bonds is 7. The van der Waals surface area contributed by atoms with Crippen LogP contribution < -0.4 is 9.79 Å². The molecule has 11 heteroatoms. The number of amides is 1. The summed E-state index contributed by atoms with van der Waals surface area (Å²) in [5.74, 6) is -2.62. The van der Waals surface area contributed by atoms with Crippen molar-refractivity contribution in [3.8, 4) is 0 Å². The molecule has 0 aliphatic carbocycles. The van der Waals surface area contributed by atoms with E-state index >= 15 is 0 Å². The molecule has 0 spiro atoms. The molecule has 0 bridgehead atoms. The van der Waals surface area contributed by atoms with Crippen LogP contribution >= 0.6 is 0 Å². The van der Waals surface area contributed by atoms with Gasteiger partial charge in [0.05, 0.1) is 16.0 Å². The van der Waals surface area contributed by atoms with Crippen LogP contribution in [0.3, 0.4) is 0 Å². The fourth-order valence-electron chi connectivity index (χ4n) is 2.13. The molecule has 0 fully saturated rings. The van der Waals surface area contributed by atoms with E-state index in [0.29, 0.717) is 4.47 Å². The van der Waals surface area contributed by atoms with Crippen molar-refractivity contribution in [3.05, 3.63) is 60.2 Å². The van der Waals surface area contributed by atoms with E-state index in [1.54, 1.807) is 26.8 Å². The zero-order valence-corrected chi connectivity index (χ0v) is 17.5. The van der Waals surface area contributed by atoms with E-state index in [2.05, 4.69) is 5.32 Å². The van der Waals surface area contributed by atoms with Crippen LogP contribution in [0.4, 0.5) is 5.69 Å². The molecule has 9 nitrogen and oxygen atoms in total. The van der Waals surface area contributed by atoms with Crippen LogP contribution in [0.5, 0.6) is 0 Å². The summed E-state index contributed by atoms with van der Waals surface area (Å²) in [5, 5.41) is 10.8. The molecule has 0 aliphatic heterocycles. The molecule has 0 heterocycles. The van der Waals surface area contributed by atoms with Gasteiger partial charge in [-0.15, -0.1) is 0 Å². The first-order chi connectivity index (χ1) is 13.9. The maximum absolute atomic E-state index is 13.1. The molecule has 0 aromatic heterocycles. The summed E-state index contributed by atoms with van der Waals surface area (Å²) in [5.41, 5.74) is -0.869. The zero-order valence-electron chi connectivity index (χ0n) is 16.7. The first kappa shape index (κ1) is 26.6. The molecule has 0 aliphatic rings. The van der Waals surface area contributed by atoms with Gasteiger partial charge in [0.2, 0.25) is 0 Å². The second-order valence-corrected chi connectivity index (χ2v) is 9.05. The monoisotopic (exact) mass is 458 g/mol. The number of benzene rings is 2. The van der Waals surface area contributed by atoms with Crippen LogP contribution in [0.25, 0.3) is 0 Å². The standard InChI is InChI=1S/C20H22N2O7S.Na.H/c1-20(2,3)19(26)29-22(30(27,28)16-7-5-4-6-8-16)15-11-9-14(10-12-15)18(25)21-13-17(23)24;;/h4-12H,13H2,1-3H3,(H,21,25)(H,23,24);;. The number of nitrogens with zero attached hydrogens (tertiary/aromatic N) is 1. The maximum atomic E-state index is 13.1. The summed E-state index contributed by atoms with van der Waals surface area (Å²) in [7, 11) is -4.25. The van der Waals surface area contributed by atoms with Gasteiger partial charge in [0.1, 0.15) is 6.54 Å². The third kappa shape index (κ3) is 7.06. The van der Waals surface area contributed by atoms with Crippen molar-refractivity contribution >= 4 is 63.1 Å². The number of nitrogens with one attached hydrogen (secondary N) is 1. The van der Waals surface area contributed by atoms with Crippen molar-refractivity contribution in [1.29, 1.82) is 0 Å². The Morgan fingerprint density at radius 3 is 2.03 bits per heavy atom. The summed E-state index contributed by atoms with van der Waals surface area (Å²) in [6.45, 7) is 4.19. The van der Waals surface area contributed by atoms with Crippen LogP contribution in [-0.4, -0.2) is 67.5 Å². The fraction of sp³-hybridized carbons (Fsp3) is 0.250. The molecule has 2 rings (SSSR count). The number of anilines is 1. The second-order valence-electron chi connectivity index (χ2n) is 7.30. The second kappa shape index (κ2) is 10.8. The number of hydrogen-bond acceptors (Lipinski definition) is 6. The van der Waals surface area contributed by atoms with Gasteiger partial charge in [0, 0.05) is 5.56 Å². The Kier molecular flexibility index (Phi) is 9.25. The van der Waals surface area contributed by atoms with Crippen molar-refractivity contribution in [2.75, 3.05) is 11.0 Å². The Labute approximate surface area is 202 Å². The Bertz CT molecular complexity index is 1030. The van der Waals surface area contributed by atoms with Gasteiger partial charge in [0.25, 0.3) is 15.9 Å². The molecule has 0 saturated carbocycles. The average Bonchev–Trinajstić information content (AvgIpc) is 2.70. The van der Waals surface area contributed by atoms with Crippen LogP contribution in [-0.2, 0) is 24.4 Å². The average molecular weight is 458 g/mol. The van der Waals surface area contributed by atoms with Crippen LogP contribution in [0.2, 0.25) is 0 Å². The fourth-order valence-corrected chi connectivity index (χ4v) is 3.39. The number of aliphatic carboxylic acids is 1. The number of carbonyl (C=O) groups is 3. The van der Waals surface area contributed by atoms with Gasteiger partial charge < -0.3 is 15.3 Å². The van der Waals surface area contributed by atoms with Gasteiger partial charge in [0.15, 0.2) is 0 Å². The van der Waals surface area contributed by atoms with E-state index in [1.807, 2.05) is 0 Å². The topological polar surface area (TPSA) is 130 Å². The Hall–Kier alpha value is -2.40. The minimum atomic E-state index is -4.25. The van der Waals surface area contributed by atoms with E-state index in [1.165, 1.54) is 48.5 Å². The summed E-state index contributed by atoms with van der Waals surface area (Å²) < 4.78 is 26.7. The summed E-state index contributed by atoms with van der Waals surface area (Å²) in [6.07, 6.45) is 0. The summed E-state index contributed by atoms with van der Waals surface area (Å²) in [4.78, 5) is 40.1. The first-order valence-electron chi connectivity index (χ1n) is 8.86. The van der Waals surface area contributed by atoms with Crippen LogP contribution in [0, 0.1) is 5.41 Å². The molecule has 31 heavy (non-hydrogen) atoms. The molecular weight excluding hydrogens is 435 g/mol. The minimum absolute atomic E-state index is 0. The Balaban J connectivity index is 0.00000480. The molecule has 0 radical (unpaired) electrons. The van der Waals surface area contributed by atoms with Crippen molar-refractivity contribution in [2.24, 2.45) is 5.41 Å². The number of sulfonamides is 1. The SMILES string of the molecule is CC(C)(C)C(=O)ON(c1ccc(C(=O)NCC(=O)O)cc1)S(=O)(=O)c1ccccc1.[NaH]. The number of carboxylic acid groups (broad SMARTS) is 1.